The van der Waals surface area contributed by atoms with Crippen LogP contribution >= 0.6 is 22.9 Å². The molecular weight excluding hydrogens is 519 g/mol. The predicted octanol–water partition coefficient (Wildman–Crippen LogP) is 4.96. The highest BCUT2D eigenvalue weighted by Crippen LogP contribution is 2.44. The number of nitrogens with two attached hydrogens (primary N) is 1. The molecule has 0 aromatic carbocycles. The van der Waals surface area contributed by atoms with Crippen LogP contribution in [0, 0.1) is 13.8 Å². The van der Waals surface area contributed by atoms with E-state index in [1.165, 1.54) is 10.9 Å². The number of hydrogen-bond donors (Lipinski definition) is 2. The number of fused-ring (bicyclic) bond motifs is 1. The van der Waals surface area contributed by atoms with Gasteiger partial charge in [-0.1, -0.05) is 11.6 Å². The first-order valence-electron chi connectivity index (χ1n) is 10.7. The lowest BCUT2D eigenvalue weighted by molar-refractivity contribution is -0.140. The molecule has 2 amide bonds. The summed E-state index contributed by atoms with van der Waals surface area (Å²) in [5.74, 6) is -1.49. The second kappa shape index (κ2) is 9.21. The van der Waals surface area contributed by atoms with Crippen LogP contribution in [-0.2, 0) is 17.5 Å². The smallest absolute Gasteiger partial charge is 0.365 e. The van der Waals surface area contributed by atoms with Crippen LogP contribution in [0.2, 0.25) is 5.02 Å². The van der Waals surface area contributed by atoms with Gasteiger partial charge in [0.05, 0.1) is 28.3 Å². The molecule has 190 valence electrons. The molecule has 1 atom stereocenters. The third-order valence-corrected chi connectivity index (χ3v) is 7.19. The molecule has 0 aliphatic heterocycles. The van der Waals surface area contributed by atoms with Gasteiger partial charge in [0.1, 0.15) is 21.4 Å². The Balaban J connectivity index is 1.95. The van der Waals surface area contributed by atoms with Crippen molar-refractivity contribution in [1.29, 1.82) is 0 Å². The minimum atomic E-state index is -4.75. The van der Waals surface area contributed by atoms with E-state index >= 15 is 0 Å². The highest BCUT2D eigenvalue weighted by molar-refractivity contribution is 7.21. The Labute approximate surface area is 212 Å². The minimum Gasteiger partial charge on any atom is -0.365 e. The molecule has 4 aromatic rings. The summed E-state index contributed by atoms with van der Waals surface area (Å²) in [6.07, 6.45) is -1.75. The zero-order chi connectivity index (χ0) is 26.5. The molecule has 36 heavy (non-hydrogen) atoms. The molecule has 4 heterocycles. The summed E-state index contributed by atoms with van der Waals surface area (Å²) in [5.41, 5.74) is 5.94. The van der Waals surface area contributed by atoms with E-state index in [9.17, 15) is 22.8 Å². The molecule has 0 saturated carbocycles. The number of nitrogens with one attached hydrogen (secondary N) is 1. The van der Waals surface area contributed by atoms with E-state index in [1.807, 2.05) is 6.92 Å². The molecule has 0 fully saturated rings. The fraction of sp³-hybridized carbons (Fsp3) is 0.318. The molecule has 0 aliphatic carbocycles. The molecule has 14 heteroatoms. The molecule has 0 bridgehead atoms. The normalized spacial score (nSPS) is 12.8. The first-order chi connectivity index (χ1) is 16.8. The number of thiophene rings is 1. The molecule has 0 saturated heterocycles. The molecule has 9 nitrogen and oxygen atoms in total. The maximum absolute atomic E-state index is 13.7. The van der Waals surface area contributed by atoms with Crippen LogP contribution in [-0.4, -0.2) is 36.4 Å². The van der Waals surface area contributed by atoms with Gasteiger partial charge in [0.15, 0.2) is 0 Å². The van der Waals surface area contributed by atoms with E-state index in [2.05, 4.69) is 20.5 Å². The van der Waals surface area contributed by atoms with Gasteiger partial charge in [-0.3, -0.25) is 19.0 Å². The summed E-state index contributed by atoms with van der Waals surface area (Å²) < 4.78 is 44.2. The van der Waals surface area contributed by atoms with Crippen molar-refractivity contribution in [2.45, 2.75) is 46.5 Å². The lowest BCUT2D eigenvalue weighted by Crippen LogP contribution is -2.26. The molecule has 0 radical (unpaired) electrons. The summed E-state index contributed by atoms with van der Waals surface area (Å²) in [7, 11) is 0. The van der Waals surface area contributed by atoms with E-state index in [0.29, 0.717) is 39.9 Å². The van der Waals surface area contributed by atoms with Crippen LogP contribution in [0.25, 0.3) is 21.3 Å². The SMILES string of the molecule is CCn1cc(-c2cc(C(F)(F)F)nc3sc(C(N)=O)c(NC(=O)C(C)n4ncc(Cl)c4C)c23)c(C)n1. The van der Waals surface area contributed by atoms with Crippen LogP contribution in [0.1, 0.15) is 46.6 Å². The van der Waals surface area contributed by atoms with Gasteiger partial charge in [-0.05, 0) is 39.3 Å². The second-order valence-electron chi connectivity index (χ2n) is 8.07. The number of rotatable bonds is 6. The van der Waals surface area contributed by atoms with Gasteiger partial charge < -0.3 is 11.1 Å². The number of halogens is 4. The van der Waals surface area contributed by atoms with Crippen LogP contribution in [0.15, 0.2) is 18.5 Å². The summed E-state index contributed by atoms with van der Waals surface area (Å²) in [5, 5.41) is 11.6. The van der Waals surface area contributed by atoms with Gasteiger partial charge in [-0.2, -0.15) is 23.4 Å². The maximum Gasteiger partial charge on any atom is 0.433 e. The number of carbonyl (C=O) groups excluding carboxylic acids is 2. The number of anilines is 1. The van der Waals surface area contributed by atoms with Crippen molar-refractivity contribution in [2.75, 3.05) is 5.32 Å². The van der Waals surface area contributed by atoms with Crippen molar-refractivity contribution in [1.82, 2.24) is 24.5 Å². The number of pyridine rings is 1. The molecule has 0 aliphatic rings. The van der Waals surface area contributed by atoms with E-state index in [4.69, 9.17) is 17.3 Å². The average Bonchev–Trinajstić information content (AvgIpc) is 3.47. The van der Waals surface area contributed by atoms with Crippen molar-refractivity contribution in [3.63, 3.8) is 0 Å². The van der Waals surface area contributed by atoms with Gasteiger partial charge >= 0.3 is 6.18 Å². The summed E-state index contributed by atoms with van der Waals surface area (Å²) >= 11 is 6.73. The number of aromatic nitrogens is 5. The van der Waals surface area contributed by atoms with Crippen LogP contribution in [0.5, 0.6) is 0 Å². The number of amides is 2. The fourth-order valence-electron chi connectivity index (χ4n) is 3.82. The monoisotopic (exact) mass is 539 g/mol. The molecule has 3 N–H and O–H groups in total. The Kier molecular flexibility index (Phi) is 6.56. The Morgan fingerprint density at radius 2 is 1.97 bits per heavy atom. The van der Waals surface area contributed by atoms with Gasteiger partial charge in [0, 0.05) is 23.7 Å². The fourth-order valence-corrected chi connectivity index (χ4v) is 4.96. The largest absolute Gasteiger partial charge is 0.433 e. The van der Waals surface area contributed by atoms with Crippen LogP contribution < -0.4 is 11.1 Å². The van der Waals surface area contributed by atoms with Gasteiger partial charge in [0.25, 0.3) is 5.91 Å². The highest BCUT2D eigenvalue weighted by Gasteiger charge is 2.35. The standard InChI is InChI=1S/C22H21ClF3N7O2S/c1-5-32-8-13(9(2)31-32)12-6-15(22(24,25)26)29-21-16(12)17(18(36-21)19(27)34)30-20(35)11(4)33-10(3)14(23)7-28-33/h6-8,11H,5H2,1-4H3,(H2,27,34)(H,30,35). The minimum absolute atomic E-state index is 0.0184. The Morgan fingerprint density at radius 3 is 2.50 bits per heavy atom. The van der Waals surface area contributed by atoms with Crippen molar-refractivity contribution >= 4 is 50.7 Å². The Bertz CT molecular complexity index is 1510. The lowest BCUT2D eigenvalue weighted by Gasteiger charge is -2.16. The quantitative estimate of drug-likeness (QED) is 0.358. The third kappa shape index (κ3) is 4.44. The Hall–Kier alpha value is -3.45. The predicted molar refractivity (Wildman–Crippen MR) is 130 cm³/mol. The van der Waals surface area contributed by atoms with Crippen LogP contribution in [0.3, 0.4) is 0 Å². The molecule has 1 unspecified atom stereocenters. The zero-order valence-electron chi connectivity index (χ0n) is 19.6. The first-order valence-corrected chi connectivity index (χ1v) is 11.9. The van der Waals surface area contributed by atoms with Crippen LogP contribution in [0.4, 0.5) is 18.9 Å². The summed E-state index contributed by atoms with van der Waals surface area (Å²) in [6.45, 7) is 7.24. The van der Waals surface area contributed by atoms with Crippen molar-refractivity contribution < 1.29 is 22.8 Å². The van der Waals surface area contributed by atoms with E-state index in [0.717, 1.165) is 6.07 Å². The van der Waals surface area contributed by atoms with Gasteiger partial charge in [-0.15, -0.1) is 11.3 Å². The first kappa shape index (κ1) is 25.6. The van der Waals surface area contributed by atoms with E-state index < -0.39 is 29.7 Å². The zero-order valence-corrected chi connectivity index (χ0v) is 21.1. The summed E-state index contributed by atoms with van der Waals surface area (Å²) in [6, 6.07) is 0.0315. The number of primary amides is 1. The molecule has 0 spiro atoms. The average molecular weight is 540 g/mol. The molecule has 4 aromatic heterocycles. The van der Waals surface area contributed by atoms with E-state index in [-0.39, 0.29) is 26.3 Å². The number of hydrogen-bond acceptors (Lipinski definition) is 6. The number of nitrogens with zero attached hydrogens (tertiary/aromatic N) is 5. The van der Waals surface area contributed by atoms with Crippen molar-refractivity contribution in [3.05, 3.63) is 45.4 Å². The number of alkyl halides is 3. The number of carbonyl (C=O) groups is 2. The molecular formula is C22H21ClF3N7O2S. The third-order valence-electron chi connectivity index (χ3n) is 5.72. The lowest BCUT2D eigenvalue weighted by atomic mass is 10.0. The maximum atomic E-state index is 13.7. The number of aryl methyl sites for hydroxylation is 2. The van der Waals surface area contributed by atoms with Gasteiger partial charge in [0.2, 0.25) is 5.91 Å². The van der Waals surface area contributed by atoms with Crippen molar-refractivity contribution in [3.8, 4) is 11.1 Å². The topological polar surface area (TPSA) is 121 Å². The van der Waals surface area contributed by atoms with Crippen molar-refractivity contribution in [2.24, 2.45) is 5.73 Å². The molecule has 4 rings (SSSR count). The van der Waals surface area contributed by atoms with Gasteiger partial charge in [-0.25, -0.2) is 4.98 Å². The van der Waals surface area contributed by atoms with E-state index in [1.54, 1.807) is 31.6 Å². The highest BCUT2D eigenvalue weighted by atomic mass is 35.5. The summed E-state index contributed by atoms with van der Waals surface area (Å²) in [4.78, 5) is 29.0. The Morgan fingerprint density at radius 1 is 1.28 bits per heavy atom. The second-order valence-corrected chi connectivity index (χ2v) is 9.48.